The average molecular weight is 213 g/mol. The molecular weight excluding hydrogens is 190 g/mol. The van der Waals surface area contributed by atoms with Gasteiger partial charge in [0.15, 0.2) is 0 Å². The largest absolute Gasteiger partial charge is 0.468 e. The van der Waals surface area contributed by atoms with Gasteiger partial charge in [0.05, 0.1) is 6.61 Å². The third kappa shape index (κ3) is 3.49. The Labute approximate surface area is 92.8 Å². The second-order valence-electron chi connectivity index (χ2n) is 5.07. The molecule has 2 rings (SSSR count). The molecule has 1 aliphatic carbocycles. The fourth-order valence-corrected chi connectivity index (χ4v) is 2.95. The van der Waals surface area contributed by atoms with Crippen LogP contribution in [0, 0.1) is 11.3 Å². The van der Waals surface area contributed by atoms with Gasteiger partial charge in [0.25, 0.3) is 6.47 Å². The maximum Gasteiger partial charge on any atom is 0.293 e. The molecule has 1 heterocycles. The van der Waals surface area contributed by atoms with Crippen molar-refractivity contribution in [3.05, 3.63) is 0 Å². The Morgan fingerprint density at radius 2 is 2.20 bits per heavy atom. The highest BCUT2D eigenvalue weighted by Crippen LogP contribution is 2.47. The van der Waals surface area contributed by atoms with E-state index >= 15 is 0 Å². The van der Waals surface area contributed by atoms with Gasteiger partial charge < -0.3 is 9.64 Å². The molecule has 0 aromatic carbocycles. The Bertz CT molecular complexity index is 194. The SMILES string of the molecule is CC1CCC2(C1)CN(C)C2.CCOC=O. The summed E-state index contributed by atoms with van der Waals surface area (Å²) in [6.45, 7) is 7.81. The predicted molar refractivity (Wildman–Crippen MR) is 60.6 cm³/mol. The molecule has 88 valence electrons. The van der Waals surface area contributed by atoms with E-state index in [0.717, 1.165) is 11.3 Å². The standard InChI is InChI=1S/C9H17N.C3H6O2/c1-8-3-4-9(5-8)6-10(2)7-9;1-2-5-3-4/h8H,3-7H2,1-2H3;3H,2H2,1H3. The summed E-state index contributed by atoms with van der Waals surface area (Å²) in [6, 6.07) is 0. The van der Waals surface area contributed by atoms with E-state index in [2.05, 4.69) is 23.6 Å². The van der Waals surface area contributed by atoms with Crippen molar-refractivity contribution in [3.8, 4) is 0 Å². The lowest BCUT2D eigenvalue weighted by Gasteiger charge is -2.46. The molecule has 1 saturated carbocycles. The van der Waals surface area contributed by atoms with Crippen LogP contribution in [0.3, 0.4) is 0 Å². The molecule has 2 fully saturated rings. The van der Waals surface area contributed by atoms with Gasteiger partial charge in [0.2, 0.25) is 0 Å². The molecule has 1 spiro atoms. The van der Waals surface area contributed by atoms with Gasteiger partial charge in [-0.2, -0.15) is 0 Å². The van der Waals surface area contributed by atoms with Crippen LogP contribution in [-0.2, 0) is 9.53 Å². The summed E-state index contributed by atoms with van der Waals surface area (Å²) in [5.41, 5.74) is 0.786. The van der Waals surface area contributed by atoms with E-state index in [4.69, 9.17) is 0 Å². The van der Waals surface area contributed by atoms with Crippen LogP contribution in [0.15, 0.2) is 0 Å². The lowest BCUT2D eigenvalue weighted by atomic mass is 9.78. The van der Waals surface area contributed by atoms with Crippen LogP contribution in [-0.4, -0.2) is 38.1 Å². The first-order valence-electron chi connectivity index (χ1n) is 5.85. The molecule has 0 radical (unpaired) electrons. The molecule has 3 heteroatoms. The molecule has 1 aliphatic heterocycles. The van der Waals surface area contributed by atoms with Gasteiger partial charge in [0, 0.05) is 13.1 Å². The third-order valence-electron chi connectivity index (χ3n) is 3.39. The summed E-state index contributed by atoms with van der Waals surface area (Å²) in [7, 11) is 2.23. The number of hydrogen-bond acceptors (Lipinski definition) is 3. The smallest absolute Gasteiger partial charge is 0.293 e. The summed E-state index contributed by atoms with van der Waals surface area (Å²) in [5, 5.41) is 0. The topological polar surface area (TPSA) is 29.5 Å². The first kappa shape index (κ1) is 12.5. The Hall–Kier alpha value is -0.570. The molecular formula is C12H23NO2. The quantitative estimate of drug-likeness (QED) is 0.656. The zero-order valence-corrected chi connectivity index (χ0v) is 10.2. The van der Waals surface area contributed by atoms with E-state index in [9.17, 15) is 4.79 Å². The van der Waals surface area contributed by atoms with Gasteiger partial charge in [-0.05, 0) is 38.1 Å². The van der Waals surface area contributed by atoms with Crippen molar-refractivity contribution in [2.24, 2.45) is 11.3 Å². The first-order valence-corrected chi connectivity index (χ1v) is 5.85. The maximum atomic E-state index is 9.18. The zero-order chi connectivity index (χ0) is 11.3. The number of hydrogen-bond donors (Lipinski definition) is 0. The van der Waals surface area contributed by atoms with E-state index < -0.39 is 0 Å². The molecule has 0 aromatic rings. The van der Waals surface area contributed by atoms with Crippen LogP contribution in [0.2, 0.25) is 0 Å². The molecule has 0 amide bonds. The highest BCUT2D eigenvalue weighted by Gasteiger charge is 2.45. The van der Waals surface area contributed by atoms with Crippen LogP contribution >= 0.6 is 0 Å². The molecule has 2 aliphatic rings. The van der Waals surface area contributed by atoms with Crippen LogP contribution in [0.25, 0.3) is 0 Å². The molecule has 1 saturated heterocycles. The highest BCUT2D eigenvalue weighted by molar-refractivity contribution is 5.36. The number of ether oxygens (including phenoxy) is 1. The number of likely N-dealkylation sites (tertiary alicyclic amines) is 1. The predicted octanol–water partition coefficient (Wildman–Crippen LogP) is 1.92. The fourth-order valence-electron chi connectivity index (χ4n) is 2.95. The van der Waals surface area contributed by atoms with E-state index in [1.807, 2.05) is 0 Å². The highest BCUT2D eigenvalue weighted by atomic mass is 16.5. The number of carbonyl (C=O) groups excluding carboxylic acids is 1. The Morgan fingerprint density at radius 1 is 1.53 bits per heavy atom. The third-order valence-corrected chi connectivity index (χ3v) is 3.39. The second-order valence-corrected chi connectivity index (χ2v) is 5.07. The number of rotatable bonds is 2. The van der Waals surface area contributed by atoms with Gasteiger partial charge in [0.1, 0.15) is 0 Å². The molecule has 1 unspecified atom stereocenters. The minimum absolute atomic E-state index is 0.431. The number of carbonyl (C=O) groups is 1. The molecule has 3 nitrogen and oxygen atoms in total. The average Bonchev–Trinajstić information content (AvgIpc) is 2.50. The molecule has 0 aromatic heterocycles. The first-order chi connectivity index (χ1) is 7.12. The number of nitrogens with zero attached hydrogens (tertiary/aromatic N) is 1. The minimum Gasteiger partial charge on any atom is -0.468 e. The van der Waals surface area contributed by atoms with Crippen LogP contribution < -0.4 is 0 Å². The Morgan fingerprint density at radius 3 is 2.47 bits per heavy atom. The minimum atomic E-state index is 0.431. The van der Waals surface area contributed by atoms with Crippen LogP contribution in [0.1, 0.15) is 33.1 Å². The van der Waals surface area contributed by atoms with Crippen molar-refractivity contribution in [3.63, 3.8) is 0 Å². The van der Waals surface area contributed by atoms with Crippen molar-refractivity contribution in [1.82, 2.24) is 4.90 Å². The Balaban J connectivity index is 0.000000195. The lowest BCUT2D eigenvalue weighted by molar-refractivity contribution is -0.128. The lowest BCUT2D eigenvalue weighted by Crippen LogP contribution is -2.52. The monoisotopic (exact) mass is 213 g/mol. The van der Waals surface area contributed by atoms with Gasteiger partial charge in [-0.3, -0.25) is 4.79 Å². The van der Waals surface area contributed by atoms with E-state index in [1.54, 1.807) is 6.92 Å². The maximum absolute atomic E-state index is 9.18. The molecule has 0 bridgehead atoms. The van der Waals surface area contributed by atoms with Gasteiger partial charge in [-0.1, -0.05) is 13.3 Å². The van der Waals surface area contributed by atoms with Gasteiger partial charge in [-0.25, -0.2) is 0 Å². The Kier molecular flexibility index (Phi) is 4.58. The summed E-state index contributed by atoms with van der Waals surface area (Å²) >= 11 is 0. The summed E-state index contributed by atoms with van der Waals surface area (Å²) in [6.07, 6.45) is 4.48. The van der Waals surface area contributed by atoms with Crippen molar-refractivity contribution >= 4 is 6.47 Å². The second kappa shape index (κ2) is 5.50. The fraction of sp³-hybridized carbons (Fsp3) is 0.917. The summed E-state index contributed by atoms with van der Waals surface area (Å²) in [4.78, 5) is 11.6. The van der Waals surface area contributed by atoms with Crippen molar-refractivity contribution in [2.45, 2.75) is 33.1 Å². The molecule has 1 atom stereocenters. The van der Waals surface area contributed by atoms with Crippen molar-refractivity contribution < 1.29 is 9.53 Å². The molecule has 15 heavy (non-hydrogen) atoms. The summed E-state index contributed by atoms with van der Waals surface area (Å²) in [5.74, 6) is 1.01. The van der Waals surface area contributed by atoms with Crippen LogP contribution in [0.4, 0.5) is 0 Å². The summed E-state index contributed by atoms with van der Waals surface area (Å²) < 4.78 is 4.15. The normalized spacial score (nSPS) is 27.8. The van der Waals surface area contributed by atoms with E-state index in [-0.39, 0.29) is 0 Å². The van der Waals surface area contributed by atoms with E-state index in [0.29, 0.717) is 13.1 Å². The molecule has 0 N–H and O–H groups in total. The van der Waals surface area contributed by atoms with Gasteiger partial charge in [-0.15, -0.1) is 0 Å². The van der Waals surface area contributed by atoms with Crippen LogP contribution in [0.5, 0.6) is 0 Å². The van der Waals surface area contributed by atoms with Gasteiger partial charge >= 0.3 is 0 Å². The van der Waals surface area contributed by atoms with Crippen molar-refractivity contribution in [2.75, 3.05) is 26.7 Å². The zero-order valence-electron chi connectivity index (χ0n) is 10.2. The van der Waals surface area contributed by atoms with E-state index in [1.165, 1.54) is 32.4 Å². The van der Waals surface area contributed by atoms with Crippen molar-refractivity contribution in [1.29, 1.82) is 0 Å².